The van der Waals surface area contributed by atoms with E-state index in [1.54, 1.807) is 0 Å². The van der Waals surface area contributed by atoms with Gasteiger partial charge < -0.3 is 20.3 Å². The Morgan fingerprint density at radius 3 is 2.78 bits per heavy atom. The van der Waals surface area contributed by atoms with Crippen molar-refractivity contribution in [3.8, 4) is 0 Å². The predicted molar refractivity (Wildman–Crippen MR) is 108 cm³/mol. The van der Waals surface area contributed by atoms with Crippen LogP contribution in [0.1, 0.15) is 45.4 Å². The standard InChI is InChI=1S/C17H34N4O.HI/c1-15-7-5-11-21(14-15)10-4-3-9-19-17(18-2)20-13-16-8-6-12-22-16;/h15-16H,3-14H2,1-2H3,(H2,18,19,20);1H. The molecule has 136 valence electrons. The minimum Gasteiger partial charge on any atom is -0.376 e. The fourth-order valence-electron chi connectivity index (χ4n) is 3.39. The number of rotatable bonds is 7. The Balaban J connectivity index is 0.00000264. The zero-order valence-corrected chi connectivity index (χ0v) is 17.2. The van der Waals surface area contributed by atoms with Gasteiger partial charge in [-0.05, 0) is 57.5 Å². The van der Waals surface area contributed by atoms with Gasteiger partial charge in [0.2, 0.25) is 0 Å². The van der Waals surface area contributed by atoms with Crippen molar-refractivity contribution in [3.63, 3.8) is 0 Å². The van der Waals surface area contributed by atoms with Crippen LogP contribution in [0.3, 0.4) is 0 Å². The molecule has 2 rings (SSSR count). The van der Waals surface area contributed by atoms with Gasteiger partial charge in [-0.2, -0.15) is 0 Å². The summed E-state index contributed by atoms with van der Waals surface area (Å²) in [4.78, 5) is 6.90. The molecule has 2 aliphatic heterocycles. The van der Waals surface area contributed by atoms with Crippen LogP contribution in [0.2, 0.25) is 0 Å². The summed E-state index contributed by atoms with van der Waals surface area (Å²) in [7, 11) is 1.83. The maximum absolute atomic E-state index is 5.62. The molecule has 2 unspecified atom stereocenters. The summed E-state index contributed by atoms with van der Waals surface area (Å²) in [5, 5.41) is 6.77. The molecule has 6 heteroatoms. The number of piperidine rings is 1. The van der Waals surface area contributed by atoms with E-state index in [9.17, 15) is 0 Å². The van der Waals surface area contributed by atoms with E-state index in [0.717, 1.165) is 38.0 Å². The second-order valence-electron chi connectivity index (χ2n) is 6.77. The van der Waals surface area contributed by atoms with Crippen molar-refractivity contribution in [2.75, 3.05) is 46.4 Å². The van der Waals surface area contributed by atoms with Crippen molar-refractivity contribution < 1.29 is 4.74 Å². The van der Waals surface area contributed by atoms with Crippen LogP contribution < -0.4 is 10.6 Å². The lowest BCUT2D eigenvalue weighted by Gasteiger charge is -2.30. The Hall–Kier alpha value is -0.0800. The second-order valence-corrected chi connectivity index (χ2v) is 6.77. The van der Waals surface area contributed by atoms with Crippen LogP contribution in [0.5, 0.6) is 0 Å². The summed E-state index contributed by atoms with van der Waals surface area (Å²) in [5.41, 5.74) is 0. The van der Waals surface area contributed by atoms with Crippen molar-refractivity contribution >= 4 is 29.9 Å². The molecule has 0 aliphatic carbocycles. The summed E-state index contributed by atoms with van der Waals surface area (Å²) in [6, 6.07) is 0. The van der Waals surface area contributed by atoms with Crippen molar-refractivity contribution in [3.05, 3.63) is 0 Å². The van der Waals surface area contributed by atoms with Gasteiger partial charge in [0.05, 0.1) is 6.10 Å². The van der Waals surface area contributed by atoms with Gasteiger partial charge in [-0.25, -0.2) is 0 Å². The summed E-state index contributed by atoms with van der Waals surface area (Å²) in [6.07, 6.45) is 7.96. The zero-order chi connectivity index (χ0) is 15.6. The Morgan fingerprint density at radius 2 is 2.09 bits per heavy atom. The molecule has 23 heavy (non-hydrogen) atoms. The maximum atomic E-state index is 5.62. The van der Waals surface area contributed by atoms with Gasteiger partial charge in [-0.1, -0.05) is 6.92 Å². The Morgan fingerprint density at radius 1 is 1.22 bits per heavy atom. The molecule has 0 aromatic carbocycles. The van der Waals surface area contributed by atoms with E-state index in [2.05, 4.69) is 27.4 Å². The molecular weight excluding hydrogens is 403 g/mol. The molecule has 2 saturated heterocycles. The van der Waals surface area contributed by atoms with E-state index in [0.29, 0.717) is 6.10 Å². The summed E-state index contributed by atoms with van der Waals surface area (Å²) < 4.78 is 5.62. The number of nitrogens with one attached hydrogen (secondary N) is 2. The smallest absolute Gasteiger partial charge is 0.191 e. The monoisotopic (exact) mass is 438 g/mol. The third-order valence-corrected chi connectivity index (χ3v) is 4.68. The molecule has 0 saturated carbocycles. The topological polar surface area (TPSA) is 48.9 Å². The lowest BCUT2D eigenvalue weighted by Crippen LogP contribution is -2.41. The summed E-state index contributed by atoms with van der Waals surface area (Å²) in [5.74, 6) is 1.79. The van der Waals surface area contributed by atoms with Crippen LogP contribution in [0.25, 0.3) is 0 Å². The average molecular weight is 438 g/mol. The van der Waals surface area contributed by atoms with Crippen LogP contribution in [0.4, 0.5) is 0 Å². The molecule has 2 aliphatic rings. The zero-order valence-electron chi connectivity index (χ0n) is 14.9. The van der Waals surface area contributed by atoms with Gasteiger partial charge in [0, 0.05) is 33.3 Å². The largest absolute Gasteiger partial charge is 0.376 e. The number of aliphatic imine (C=N–C) groups is 1. The fourth-order valence-corrected chi connectivity index (χ4v) is 3.39. The molecule has 2 heterocycles. The first-order valence-corrected chi connectivity index (χ1v) is 9.06. The van der Waals surface area contributed by atoms with E-state index in [4.69, 9.17) is 4.74 Å². The molecule has 2 atom stereocenters. The summed E-state index contributed by atoms with van der Waals surface area (Å²) in [6.45, 7) is 8.97. The van der Waals surface area contributed by atoms with E-state index < -0.39 is 0 Å². The van der Waals surface area contributed by atoms with Crippen molar-refractivity contribution in [1.29, 1.82) is 0 Å². The SMILES string of the molecule is CN=C(NCCCCN1CCCC(C)C1)NCC1CCCO1.I. The van der Waals surface area contributed by atoms with Gasteiger partial charge in [-0.3, -0.25) is 4.99 Å². The molecule has 0 spiro atoms. The first-order valence-electron chi connectivity index (χ1n) is 9.06. The summed E-state index contributed by atoms with van der Waals surface area (Å²) >= 11 is 0. The number of likely N-dealkylation sites (tertiary alicyclic amines) is 1. The normalized spacial score (nSPS) is 25.9. The predicted octanol–water partition coefficient (Wildman–Crippen LogP) is 2.46. The molecular formula is C17H35IN4O. The van der Waals surface area contributed by atoms with Crippen LogP contribution in [0.15, 0.2) is 4.99 Å². The Kier molecular flexibility index (Phi) is 11.2. The van der Waals surface area contributed by atoms with Crippen LogP contribution in [-0.2, 0) is 4.74 Å². The molecule has 0 bridgehead atoms. The molecule has 0 amide bonds. The Labute approximate surface area is 159 Å². The number of guanidine groups is 1. The van der Waals surface area contributed by atoms with Crippen molar-refractivity contribution in [2.45, 2.75) is 51.6 Å². The Bertz CT molecular complexity index is 335. The minimum absolute atomic E-state index is 0. The third kappa shape index (κ3) is 8.54. The van der Waals surface area contributed by atoms with Crippen LogP contribution in [-0.4, -0.2) is 63.3 Å². The van der Waals surface area contributed by atoms with Crippen LogP contribution in [0, 0.1) is 5.92 Å². The van der Waals surface area contributed by atoms with E-state index in [1.165, 1.54) is 51.7 Å². The first kappa shape index (κ1) is 21.0. The molecule has 0 radical (unpaired) electrons. The average Bonchev–Trinajstić information content (AvgIpc) is 3.03. The molecule has 5 nitrogen and oxygen atoms in total. The van der Waals surface area contributed by atoms with Gasteiger partial charge in [0.15, 0.2) is 5.96 Å². The molecule has 2 fully saturated rings. The van der Waals surface area contributed by atoms with Crippen molar-refractivity contribution in [1.82, 2.24) is 15.5 Å². The number of halogens is 1. The quantitative estimate of drug-likeness (QED) is 0.278. The number of ether oxygens (including phenoxy) is 1. The van der Waals surface area contributed by atoms with Crippen molar-refractivity contribution in [2.24, 2.45) is 10.9 Å². The van der Waals surface area contributed by atoms with Gasteiger partial charge in [0.25, 0.3) is 0 Å². The molecule has 2 N–H and O–H groups in total. The maximum Gasteiger partial charge on any atom is 0.191 e. The first-order chi connectivity index (χ1) is 10.8. The van der Waals surface area contributed by atoms with E-state index in [1.807, 2.05) is 7.05 Å². The van der Waals surface area contributed by atoms with Gasteiger partial charge >= 0.3 is 0 Å². The van der Waals surface area contributed by atoms with E-state index in [-0.39, 0.29) is 24.0 Å². The highest BCUT2D eigenvalue weighted by atomic mass is 127. The number of unbranched alkanes of at least 4 members (excludes halogenated alkanes) is 1. The number of hydrogen-bond donors (Lipinski definition) is 2. The van der Waals surface area contributed by atoms with Crippen LogP contribution >= 0.6 is 24.0 Å². The second kappa shape index (κ2) is 12.3. The highest BCUT2D eigenvalue weighted by Crippen LogP contribution is 2.15. The fraction of sp³-hybridized carbons (Fsp3) is 0.941. The van der Waals surface area contributed by atoms with Gasteiger partial charge in [0.1, 0.15) is 0 Å². The highest BCUT2D eigenvalue weighted by Gasteiger charge is 2.16. The lowest BCUT2D eigenvalue weighted by atomic mass is 10.0. The molecule has 0 aromatic rings. The number of nitrogens with zero attached hydrogens (tertiary/aromatic N) is 2. The minimum atomic E-state index is 0. The molecule has 0 aromatic heterocycles. The number of hydrogen-bond acceptors (Lipinski definition) is 3. The highest BCUT2D eigenvalue weighted by molar-refractivity contribution is 14.0. The third-order valence-electron chi connectivity index (χ3n) is 4.68. The van der Waals surface area contributed by atoms with Gasteiger partial charge in [-0.15, -0.1) is 24.0 Å². The lowest BCUT2D eigenvalue weighted by molar-refractivity contribution is 0.114. The van der Waals surface area contributed by atoms with E-state index >= 15 is 0 Å².